The molecule has 588 valence electrons. The molecule has 0 aromatic carbocycles. The molecule has 0 fully saturated rings. The highest BCUT2D eigenvalue weighted by Gasteiger charge is 2.30. The number of ether oxygens (including phenoxy) is 4. The Morgan fingerprint density at radius 3 is 0.768 bits per heavy atom. The zero-order valence-electron chi connectivity index (χ0n) is 64.8. The number of hydrogen-bond acceptors (Lipinski definition) is 15. The van der Waals surface area contributed by atoms with Gasteiger partial charge in [-0.15, -0.1) is 0 Å². The summed E-state index contributed by atoms with van der Waals surface area (Å²) in [5.74, 6) is -0.507. The van der Waals surface area contributed by atoms with E-state index in [1.165, 1.54) is 231 Å². The van der Waals surface area contributed by atoms with Crippen molar-refractivity contribution in [1.29, 1.82) is 0 Å². The van der Waals surface area contributed by atoms with Gasteiger partial charge in [0.05, 0.1) is 26.4 Å². The average Bonchev–Trinajstić information content (AvgIpc) is 1.02. The molecule has 0 rings (SSSR count). The Labute approximate surface area is 607 Å². The average molecular weight is 1450 g/mol. The molecule has 0 heterocycles. The third kappa shape index (κ3) is 72.8. The number of hydrogen-bond donors (Lipinski definition) is 3. The van der Waals surface area contributed by atoms with E-state index in [4.69, 9.17) is 37.0 Å². The van der Waals surface area contributed by atoms with Crippen LogP contribution in [0.25, 0.3) is 0 Å². The van der Waals surface area contributed by atoms with E-state index in [1.54, 1.807) is 0 Å². The largest absolute Gasteiger partial charge is 0.472 e. The lowest BCUT2D eigenvalue weighted by molar-refractivity contribution is -0.161. The first kappa shape index (κ1) is 97.1. The Hall–Kier alpha value is -1.94. The van der Waals surface area contributed by atoms with Crippen molar-refractivity contribution in [2.75, 3.05) is 39.6 Å². The van der Waals surface area contributed by atoms with Gasteiger partial charge >= 0.3 is 39.5 Å². The number of carbonyl (C=O) groups excluding carboxylic acids is 4. The summed E-state index contributed by atoms with van der Waals surface area (Å²) in [6, 6.07) is 0. The third-order valence-electron chi connectivity index (χ3n) is 19.1. The van der Waals surface area contributed by atoms with Gasteiger partial charge < -0.3 is 33.8 Å². The van der Waals surface area contributed by atoms with Gasteiger partial charge in [0.1, 0.15) is 19.3 Å². The van der Waals surface area contributed by atoms with E-state index in [9.17, 15) is 43.2 Å². The second-order valence-corrected chi connectivity index (χ2v) is 32.4. The molecule has 3 unspecified atom stereocenters. The van der Waals surface area contributed by atoms with Crippen LogP contribution in [0.15, 0.2) is 0 Å². The Kier molecular flexibility index (Phi) is 70.3. The van der Waals surface area contributed by atoms with Crippen LogP contribution in [0.5, 0.6) is 0 Å². The molecule has 0 aromatic heterocycles. The van der Waals surface area contributed by atoms with Crippen molar-refractivity contribution in [1.82, 2.24) is 0 Å². The Morgan fingerprint density at radius 2 is 0.515 bits per heavy atom. The number of rotatable bonds is 79. The summed E-state index contributed by atoms with van der Waals surface area (Å²) in [5.41, 5.74) is 0. The predicted octanol–water partition coefficient (Wildman–Crippen LogP) is 23.9. The van der Waals surface area contributed by atoms with Crippen LogP contribution in [-0.2, 0) is 65.4 Å². The fourth-order valence-electron chi connectivity index (χ4n) is 12.3. The van der Waals surface area contributed by atoms with Gasteiger partial charge in [-0.3, -0.25) is 37.3 Å². The minimum absolute atomic E-state index is 0.106. The van der Waals surface area contributed by atoms with Gasteiger partial charge in [-0.2, -0.15) is 0 Å². The maximum Gasteiger partial charge on any atom is 0.472 e. The third-order valence-corrected chi connectivity index (χ3v) is 21.0. The van der Waals surface area contributed by atoms with Gasteiger partial charge in [0.2, 0.25) is 0 Å². The lowest BCUT2D eigenvalue weighted by Crippen LogP contribution is -2.30. The van der Waals surface area contributed by atoms with Crippen LogP contribution in [0.3, 0.4) is 0 Å². The van der Waals surface area contributed by atoms with Crippen LogP contribution in [-0.4, -0.2) is 96.7 Å². The van der Waals surface area contributed by atoms with E-state index in [0.717, 1.165) is 108 Å². The lowest BCUT2D eigenvalue weighted by atomic mass is 9.99. The maximum absolute atomic E-state index is 13.1. The van der Waals surface area contributed by atoms with E-state index in [2.05, 4.69) is 41.5 Å². The fraction of sp³-hybridized carbons (Fsp3) is 0.950. The Bertz CT molecular complexity index is 1910. The molecule has 99 heavy (non-hydrogen) atoms. The van der Waals surface area contributed by atoms with E-state index in [-0.39, 0.29) is 25.7 Å². The van der Waals surface area contributed by atoms with Crippen molar-refractivity contribution in [3.05, 3.63) is 0 Å². The summed E-state index contributed by atoms with van der Waals surface area (Å²) in [5, 5.41) is 10.6. The van der Waals surface area contributed by atoms with Gasteiger partial charge in [0, 0.05) is 25.7 Å². The Morgan fingerprint density at radius 1 is 0.293 bits per heavy atom. The van der Waals surface area contributed by atoms with E-state index in [0.29, 0.717) is 25.7 Å². The quantitative estimate of drug-likeness (QED) is 0.0222. The number of phosphoric ester groups is 2. The van der Waals surface area contributed by atoms with Crippen LogP contribution in [0.1, 0.15) is 420 Å². The molecular weight excluding hydrogens is 1290 g/mol. The molecule has 0 spiro atoms. The van der Waals surface area contributed by atoms with Crippen molar-refractivity contribution in [3.63, 3.8) is 0 Å². The summed E-state index contributed by atoms with van der Waals surface area (Å²) >= 11 is 0. The standard InChI is InChI=1S/C80H156O17P2/c1-7-10-12-14-15-16-17-18-19-20-21-22-23-24-29-32-35-41-46-52-58-64-80(85)97-76(69-91-78(83)63-57-51-45-40-34-31-28-26-25-27-30-33-38-43-49-54-60-72(4)5)71-95-99(88,89)93-67-74(81)66-92-98(86,87)94-70-75(68-90-77(82)62-56-48-13-11-8-2)96-79(84)65-59-53-47-42-37-36-39-44-50-55-61-73(6)9-3/h72-76,81H,7-71H2,1-6H3,(H,86,87)(H,88,89)/t73?,74-,75+,76+/m0/s1. The second-order valence-electron chi connectivity index (χ2n) is 29.5. The van der Waals surface area contributed by atoms with Crippen LogP contribution < -0.4 is 0 Å². The summed E-state index contributed by atoms with van der Waals surface area (Å²) in [7, 11) is -9.91. The molecule has 3 N–H and O–H groups in total. The topological polar surface area (TPSA) is 237 Å². The molecule has 0 aromatic rings. The molecule has 19 heteroatoms. The zero-order valence-corrected chi connectivity index (χ0v) is 66.6. The normalized spacial score (nSPS) is 14.2. The molecule has 17 nitrogen and oxygen atoms in total. The number of unbranched alkanes of at least 4 members (excludes halogenated alkanes) is 48. The molecule has 0 saturated carbocycles. The predicted molar refractivity (Wildman–Crippen MR) is 405 cm³/mol. The molecule has 6 atom stereocenters. The lowest BCUT2D eigenvalue weighted by Gasteiger charge is -2.21. The molecule has 0 aliphatic rings. The molecule has 0 saturated heterocycles. The van der Waals surface area contributed by atoms with Crippen molar-refractivity contribution in [3.8, 4) is 0 Å². The molecule has 0 bridgehead atoms. The van der Waals surface area contributed by atoms with Crippen LogP contribution in [0, 0.1) is 11.8 Å². The fourth-order valence-corrected chi connectivity index (χ4v) is 13.9. The number of aliphatic hydroxyl groups excluding tert-OH is 1. The highest BCUT2D eigenvalue weighted by Crippen LogP contribution is 2.45. The summed E-state index contributed by atoms with van der Waals surface area (Å²) in [4.78, 5) is 72.7. The highest BCUT2D eigenvalue weighted by molar-refractivity contribution is 7.47. The molecule has 0 aliphatic carbocycles. The van der Waals surface area contributed by atoms with E-state index >= 15 is 0 Å². The first-order chi connectivity index (χ1) is 47.9. The SMILES string of the molecule is CCCCCCCCCCCCCCCCCCCCCCCC(=O)O[C@H](COC(=O)CCCCCCCCCCCCCCCCCCC(C)C)COP(=O)(O)OC[C@@H](O)COP(=O)(O)OC[C@@H](COC(=O)CCCCCCC)OC(=O)CCCCCCCCCCCCC(C)CC. The first-order valence-electron chi connectivity index (χ1n) is 41.5. The second kappa shape index (κ2) is 71.7. The maximum atomic E-state index is 13.1. The zero-order chi connectivity index (χ0) is 72.8. The molecular formula is C80H156O17P2. The van der Waals surface area contributed by atoms with Gasteiger partial charge in [-0.1, -0.05) is 369 Å². The van der Waals surface area contributed by atoms with Gasteiger partial charge in [-0.25, -0.2) is 9.13 Å². The number of esters is 4. The first-order valence-corrected chi connectivity index (χ1v) is 44.5. The highest BCUT2D eigenvalue weighted by atomic mass is 31.2. The minimum atomic E-state index is -4.96. The van der Waals surface area contributed by atoms with Gasteiger partial charge in [0.15, 0.2) is 12.2 Å². The number of aliphatic hydroxyl groups is 1. The molecule has 0 aliphatic heterocycles. The monoisotopic (exact) mass is 1450 g/mol. The number of phosphoric acid groups is 2. The van der Waals surface area contributed by atoms with Gasteiger partial charge in [-0.05, 0) is 37.5 Å². The summed E-state index contributed by atoms with van der Waals surface area (Å²) < 4.78 is 68.4. The van der Waals surface area contributed by atoms with Gasteiger partial charge in [0.25, 0.3) is 0 Å². The number of carbonyl (C=O) groups is 4. The molecule has 0 amide bonds. The van der Waals surface area contributed by atoms with Crippen molar-refractivity contribution < 1.29 is 80.2 Å². The summed E-state index contributed by atoms with van der Waals surface area (Å²) in [6.45, 7) is 9.59. The van der Waals surface area contributed by atoms with Crippen molar-refractivity contribution >= 4 is 39.5 Å². The van der Waals surface area contributed by atoms with Crippen LogP contribution in [0.2, 0.25) is 0 Å². The van der Waals surface area contributed by atoms with Crippen LogP contribution in [0.4, 0.5) is 0 Å². The van der Waals surface area contributed by atoms with Crippen molar-refractivity contribution in [2.45, 2.75) is 439 Å². The van der Waals surface area contributed by atoms with Crippen LogP contribution >= 0.6 is 15.6 Å². The van der Waals surface area contributed by atoms with E-state index in [1.807, 2.05) is 0 Å². The molecule has 0 radical (unpaired) electrons. The smallest absolute Gasteiger partial charge is 0.462 e. The minimum Gasteiger partial charge on any atom is -0.462 e. The van der Waals surface area contributed by atoms with Crippen molar-refractivity contribution in [2.24, 2.45) is 11.8 Å². The van der Waals surface area contributed by atoms with E-state index < -0.39 is 97.5 Å². The summed E-state index contributed by atoms with van der Waals surface area (Å²) in [6.07, 6.45) is 61.6. The Balaban J connectivity index is 5.12.